The van der Waals surface area contributed by atoms with Gasteiger partial charge in [-0.3, -0.25) is 0 Å². The molecule has 0 amide bonds. The molecular weight excluding hydrogens is 160 g/mol. The van der Waals surface area contributed by atoms with Gasteiger partial charge in [0.2, 0.25) is 0 Å². The molecule has 0 fully saturated rings. The Morgan fingerprint density at radius 1 is 0.846 bits per heavy atom. The molecule has 0 unspecified atom stereocenters. The molecule has 0 radical (unpaired) electrons. The van der Waals surface area contributed by atoms with Gasteiger partial charge in [-0.15, -0.1) is 0 Å². The normalized spacial score (nSPS) is 18.8. The van der Waals surface area contributed by atoms with Crippen LogP contribution in [0.3, 0.4) is 0 Å². The Hall–Kier alpha value is -0.980. The first-order chi connectivity index (χ1) is 6.36. The highest BCUT2D eigenvalue weighted by atomic mass is 16.3. The first-order valence-corrected chi connectivity index (χ1v) is 5.22. The molecule has 0 spiro atoms. The van der Waals surface area contributed by atoms with Gasteiger partial charge in [-0.2, -0.15) is 0 Å². The molecule has 1 aromatic rings. The number of rotatable bonds is 0. The van der Waals surface area contributed by atoms with Crippen LogP contribution in [0.2, 0.25) is 0 Å². The monoisotopic (exact) mass is 174 g/mol. The van der Waals surface area contributed by atoms with Crippen LogP contribution in [0.25, 0.3) is 0 Å². The molecule has 0 aromatic heterocycles. The van der Waals surface area contributed by atoms with Crippen LogP contribution < -0.4 is 0 Å². The van der Waals surface area contributed by atoms with Crippen molar-refractivity contribution in [2.24, 2.45) is 0 Å². The number of fused-ring (bicyclic) bond motifs is 3. The lowest BCUT2D eigenvalue weighted by Crippen LogP contribution is -1.92. The summed E-state index contributed by atoms with van der Waals surface area (Å²) in [6.45, 7) is 0. The van der Waals surface area contributed by atoms with E-state index in [-0.39, 0.29) is 0 Å². The molecular formula is C12H14O. The Kier molecular flexibility index (Phi) is 1.43. The second kappa shape index (κ2) is 2.50. The summed E-state index contributed by atoms with van der Waals surface area (Å²) in [5.74, 6) is 0.563. The highest BCUT2D eigenvalue weighted by Crippen LogP contribution is 2.38. The molecule has 13 heavy (non-hydrogen) atoms. The van der Waals surface area contributed by atoms with Gasteiger partial charge in [0, 0.05) is 0 Å². The van der Waals surface area contributed by atoms with E-state index in [1.165, 1.54) is 48.8 Å². The third-order valence-electron chi connectivity index (χ3n) is 3.46. The third kappa shape index (κ3) is 0.932. The third-order valence-corrected chi connectivity index (χ3v) is 3.46. The molecule has 0 aliphatic heterocycles. The van der Waals surface area contributed by atoms with Crippen molar-refractivity contribution in [1.29, 1.82) is 0 Å². The van der Waals surface area contributed by atoms with Crippen LogP contribution in [-0.4, -0.2) is 5.11 Å². The molecule has 3 rings (SSSR count). The summed E-state index contributed by atoms with van der Waals surface area (Å²) >= 11 is 0. The minimum atomic E-state index is 0.563. The van der Waals surface area contributed by atoms with Crippen molar-refractivity contribution in [3.05, 3.63) is 28.3 Å². The standard InChI is InChI=1S/C12H14O/c13-12-7-8-3-1-4-9(8)10-5-2-6-11(10)12/h7,13H,1-6H2. The van der Waals surface area contributed by atoms with Crippen LogP contribution in [0.15, 0.2) is 6.07 Å². The smallest absolute Gasteiger partial charge is 0.119 e. The lowest BCUT2D eigenvalue weighted by molar-refractivity contribution is 0.468. The van der Waals surface area contributed by atoms with Gasteiger partial charge in [0.05, 0.1) is 0 Å². The van der Waals surface area contributed by atoms with E-state index in [4.69, 9.17) is 0 Å². The largest absolute Gasteiger partial charge is 0.508 e. The van der Waals surface area contributed by atoms with E-state index >= 15 is 0 Å². The molecule has 68 valence electrons. The maximum Gasteiger partial charge on any atom is 0.119 e. The van der Waals surface area contributed by atoms with Gasteiger partial charge in [0.15, 0.2) is 0 Å². The van der Waals surface area contributed by atoms with Gasteiger partial charge in [-0.1, -0.05) is 0 Å². The quantitative estimate of drug-likeness (QED) is 0.640. The first kappa shape index (κ1) is 7.43. The van der Waals surface area contributed by atoms with Gasteiger partial charge in [0.25, 0.3) is 0 Å². The number of hydrogen-bond acceptors (Lipinski definition) is 1. The van der Waals surface area contributed by atoms with E-state index in [0.717, 1.165) is 6.42 Å². The van der Waals surface area contributed by atoms with Gasteiger partial charge in [-0.05, 0) is 66.8 Å². The minimum absolute atomic E-state index is 0.563. The highest BCUT2D eigenvalue weighted by molar-refractivity contribution is 5.52. The van der Waals surface area contributed by atoms with Crippen LogP contribution in [0, 0.1) is 0 Å². The molecule has 0 atom stereocenters. The molecule has 1 N–H and O–H groups in total. The molecule has 1 heteroatoms. The zero-order valence-corrected chi connectivity index (χ0v) is 7.77. The summed E-state index contributed by atoms with van der Waals surface area (Å²) < 4.78 is 0. The number of aromatic hydroxyl groups is 1. The lowest BCUT2D eigenvalue weighted by atomic mass is 9.99. The maximum absolute atomic E-state index is 9.80. The Morgan fingerprint density at radius 3 is 2.46 bits per heavy atom. The summed E-state index contributed by atoms with van der Waals surface area (Å²) in [6, 6.07) is 2.01. The van der Waals surface area contributed by atoms with Crippen molar-refractivity contribution in [3.8, 4) is 5.75 Å². The molecule has 0 heterocycles. The lowest BCUT2D eigenvalue weighted by Gasteiger charge is -2.09. The van der Waals surface area contributed by atoms with Crippen molar-refractivity contribution in [2.45, 2.75) is 38.5 Å². The Labute approximate surface area is 78.4 Å². The molecule has 2 aliphatic rings. The number of benzene rings is 1. The fourth-order valence-electron chi connectivity index (χ4n) is 2.88. The number of phenols is 1. The van der Waals surface area contributed by atoms with Crippen molar-refractivity contribution in [2.75, 3.05) is 0 Å². The Bertz CT molecular complexity index is 366. The van der Waals surface area contributed by atoms with Crippen molar-refractivity contribution in [1.82, 2.24) is 0 Å². The van der Waals surface area contributed by atoms with E-state index in [0.29, 0.717) is 5.75 Å². The summed E-state index contributed by atoms with van der Waals surface area (Å²) in [7, 11) is 0. The summed E-state index contributed by atoms with van der Waals surface area (Å²) in [5, 5.41) is 9.80. The number of phenolic OH excluding ortho intramolecular Hbond substituents is 1. The molecule has 1 nitrogen and oxygen atoms in total. The van der Waals surface area contributed by atoms with E-state index in [1.807, 2.05) is 6.07 Å². The predicted octanol–water partition coefficient (Wildman–Crippen LogP) is 2.37. The fraction of sp³-hybridized carbons (Fsp3) is 0.500. The summed E-state index contributed by atoms with van der Waals surface area (Å²) in [5.41, 5.74) is 5.73. The van der Waals surface area contributed by atoms with Gasteiger partial charge in [-0.25, -0.2) is 0 Å². The molecule has 0 bridgehead atoms. The van der Waals surface area contributed by atoms with Crippen molar-refractivity contribution < 1.29 is 5.11 Å². The zero-order valence-electron chi connectivity index (χ0n) is 7.77. The molecule has 0 saturated carbocycles. The first-order valence-electron chi connectivity index (χ1n) is 5.22. The summed E-state index contributed by atoms with van der Waals surface area (Å²) in [4.78, 5) is 0. The van der Waals surface area contributed by atoms with Gasteiger partial charge in [0.1, 0.15) is 5.75 Å². The van der Waals surface area contributed by atoms with Gasteiger partial charge < -0.3 is 5.11 Å². The van der Waals surface area contributed by atoms with Crippen LogP contribution >= 0.6 is 0 Å². The van der Waals surface area contributed by atoms with Crippen molar-refractivity contribution in [3.63, 3.8) is 0 Å². The Balaban J connectivity index is 2.28. The minimum Gasteiger partial charge on any atom is -0.508 e. The molecule has 2 aliphatic carbocycles. The average Bonchev–Trinajstić information content (AvgIpc) is 2.66. The van der Waals surface area contributed by atoms with Gasteiger partial charge >= 0.3 is 0 Å². The van der Waals surface area contributed by atoms with E-state index in [1.54, 1.807) is 5.56 Å². The number of aryl methyl sites for hydroxylation is 1. The zero-order chi connectivity index (χ0) is 8.84. The Morgan fingerprint density at radius 2 is 1.54 bits per heavy atom. The predicted molar refractivity (Wildman–Crippen MR) is 52.2 cm³/mol. The van der Waals surface area contributed by atoms with E-state index in [2.05, 4.69) is 0 Å². The van der Waals surface area contributed by atoms with E-state index < -0.39 is 0 Å². The second-order valence-electron chi connectivity index (χ2n) is 4.20. The van der Waals surface area contributed by atoms with Crippen molar-refractivity contribution >= 4 is 0 Å². The van der Waals surface area contributed by atoms with Crippen LogP contribution in [-0.2, 0) is 25.7 Å². The van der Waals surface area contributed by atoms with Crippen LogP contribution in [0.4, 0.5) is 0 Å². The molecule has 1 aromatic carbocycles. The second-order valence-corrected chi connectivity index (χ2v) is 4.20. The van der Waals surface area contributed by atoms with Crippen LogP contribution in [0.1, 0.15) is 35.1 Å². The topological polar surface area (TPSA) is 20.2 Å². The summed E-state index contributed by atoms with van der Waals surface area (Å²) in [6.07, 6.45) is 7.24. The fourth-order valence-corrected chi connectivity index (χ4v) is 2.88. The maximum atomic E-state index is 9.80. The van der Waals surface area contributed by atoms with E-state index in [9.17, 15) is 5.11 Å². The average molecular weight is 174 g/mol. The highest BCUT2D eigenvalue weighted by Gasteiger charge is 2.23. The molecule has 0 saturated heterocycles. The van der Waals surface area contributed by atoms with Crippen LogP contribution in [0.5, 0.6) is 5.75 Å². The SMILES string of the molecule is Oc1cc2c(c3c1CCC3)CCC2. The number of hydrogen-bond donors (Lipinski definition) is 1.